The van der Waals surface area contributed by atoms with Crippen LogP contribution in [0.2, 0.25) is 0 Å². The molecule has 17 heteroatoms. The predicted molar refractivity (Wildman–Crippen MR) is 242 cm³/mol. The second-order valence-corrected chi connectivity index (χ2v) is 22.0. The summed E-state index contributed by atoms with van der Waals surface area (Å²) in [6.07, 6.45) is 4.80. The average Bonchev–Trinajstić information content (AvgIpc) is 4.10. The number of nitrogens with zero attached hydrogens (tertiary/aromatic N) is 2. The third-order valence-corrected chi connectivity index (χ3v) is 14.9. The Morgan fingerprint density at radius 3 is 2.40 bits per heavy atom. The van der Waals surface area contributed by atoms with Crippen LogP contribution in [-0.4, -0.2) is 95.9 Å². The fourth-order valence-corrected chi connectivity index (χ4v) is 10.1. The first kappa shape index (κ1) is 47.5. The number of hydrogen-bond acceptors (Lipinski definition) is 11. The van der Waals surface area contributed by atoms with Gasteiger partial charge in [0.05, 0.1) is 30.2 Å². The number of carbonyl (C=O) groups is 4. The minimum atomic E-state index is -4.06. The van der Waals surface area contributed by atoms with Crippen LogP contribution in [0.15, 0.2) is 54.6 Å². The number of ether oxygens (including phenoxy) is 4. The van der Waals surface area contributed by atoms with Gasteiger partial charge in [-0.25, -0.2) is 22.6 Å². The van der Waals surface area contributed by atoms with Crippen LogP contribution in [0.3, 0.4) is 0 Å². The highest BCUT2D eigenvalue weighted by Gasteiger charge is 2.63. The molecule has 3 aromatic rings. The number of rotatable bonds is 10. The molecule has 1 aromatic heterocycles. The van der Waals surface area contributed by atoms with Gasteiger partial charge in [-0.05, 0) is 140 Å². The minimum absolute atomic E-state index is 0.00696. The number of sulfonamides is 1. The molecule has 2 aromatic carbocycles. The molecule has 352 valence electrons. The average molecular weight is 920 g/mol. The third kappa shape index (κ3) is 10.5. The highest BCUT2D eigenvalue weighted by Crippen LogP contribution is 2.48. The lowest BCUT2D eigenvalue weighted by molar-refractivity contribution is -0.142. The van der Waals surface area contributed by atoms with Crippen LogP contribution in [0.5, 0.6) is 17.4 Å². The molecule has 0 bridgehead atoms. The van der Waals surface area contributed by atoms with Gasteiger partial charge in [-0.15, -0.1) is 0 Å². The van der Waals surface area contributed by atoms with Crippen LogP contribution in [0, 0.1) is 23.6 Å². The summed E-state index contributed by atoms with van der Waals surface area (Å²) in [6.45, 7) is 14.3. The molecule has 0 unspecified atom stereocenters. The molecular formula is C48H62FN5O10S. The SMILES string of the molecule is COc1cc2cc(-c3ccc(OC(C)C)cc3)nc(O[C@@H]3C[C@H]4C(=O)N[C@]5(C(=O)NS(=O)(=O)C6(C)CC6)C[C@H]5/C=C\CC[C@H](C)C[C@@H](C)[C@H](NC(=O)OC(C)(C)C)C(=O)N4C3)c2cc1F. The van der Waals surface area contributed by atoms with E-state index in [1.54, 1.807) is 39.8 Å². The molecule has 7 atom stereocenters. The van der Waals surface area contributed by atoms with Crippen LogP contribution in [0.25, 0.3) is 22.0 Å². The van der Waals surface area contributed by atoms with E-state index in [4.69, 9.17) is 23.9 Å². The Morgan fingerprint density at radius 2 is 1.75 bits per heavy atom. The minimum Gasteiger partial charge on any atom is -0.494 e. The molecule has 0 radical (unpaired) electrons. The number of amides is 4. The summed E-state index contributed by atoms with van der Waals surface area (Å²) in [5.41, 5.74) is -1.29. The van der Waals surface area contributed by atoms with Crippen molar-refractivity contribution in [2.45, 2.75) is 141 Å². The quantitative estimate of drug-likeness (QED) is 0.178. The number of nitrogens with one attached hydrogen (secondary N) is 3. The van der Waals surface area contributed by atoms with Crippen LogP contribution in [0.4, 0.5) is 9.18 Å². The number of aromatic nitrogens is 1. The Kier molecular flexibility index (Phi) is 13.2. The summed E-state index contributed by atoms with van der Waals surface area (Å²) < 4.78 is 66.7. The maximum absolute atomic E-state index is 15.4. The fourth-order valence-electron chi connectivity index (χ4n) is 8.78. The standard InChI is InChI=1S/C48H62FN5O10S/c1-27(2)62-33-16-14-30(15-17-33)37-21-31-22-39(61-9)36(49)24-35(31)42(50-37)63-34-23-38-41(55)52-48(44(57)53-65(59,60)47(8)18-19-47)25-32(48)13-11-10-12-28(3)20-29(4)40(43(56)54(38)26-34)51-45(58)64-46(5,6)7/h11,13-17,21-22,24,27-29,32,34,38,40H,10,12,18-20,23,25-26H2,1-9H3,(H,51,58)(H,52,55)(H,53,57)/b13-11-/t28-,29+,32+,34+,38-,40-,48+/m0/s1. The van der Waals surface area contributed by atoms with Crippen molar-refractivity contribution in [2.24, 2.45) is 17.8 Å². The fraction of sp³-hybridized carbons (Fsp3) is 0.562. The molecule has 2 saturated carbocycles. The van der Waals surface area contributed by atoms with E-state index in [0.29, 0.717) is 53.5 Å². The molecule has 1 saturated heterocycles. The zero-order valence-electron chi connectivity index (χ0n) is 38.7. The number of carbonyl (C=O) groups excluding carboxylic acids is 4. The Hall–Kier alpha value is -5.45. The summed E-state index contributed by atoms with van der Waals surface area (Å²) in [7, 11) is -2.69. The summed E-state index contributed by atoms with van der Waals surface area (Å²) >= 11 is 0. The Morgan fingerprint density at radius 1 is 1.05 bits per heavy atom. The summed E-state index contributed by atoms with van der Waals surface area (Å²) in [5, 5.41) is 6.56. The van der Waals surface area contributed by atoms with Crippen molar-refractivity contribution in [2.75, 3.05) is 13.7 Å². The van der Waals surface area contributed by atoms with Gasteiger partial charge in [0.2, 0.25) is 27.7 Å². The summed E-state index contributed by atoms with van der Waals surface area (Å²) in [6, 6.07) is 9.51. The van der Waals surface area contributed by atoms with Crippen LogP contribution < -0.4 is 29.6 Å². The number of alkyl carbamates (subject to hydrolysis) is 1. The number of benzene rings is 2. The Balaban J connectivity index is 1.27. The first-order valence-electron chi connectivity index (χ1n) is 22.5. The van der Waals surface area contributed by atoms with E-state index in [9.17, 15) is 22.8 Å². The molecule has 15 nitrogen and oxygen atoms in total. The van der Waals surface area contributed by atoms with E-state index in [2.05, 4.69) is 22.3 Å². The molecule has 4 amide bonds. The second-order valence-electron chi connectivity index (χ2n) is 19.8. The van der Waals surface area contributed by atoms with E-state index in [0.717, 1.165) is 6.42 Å². The molecule has 2 aliphatic carbocycles. The van der Waals surface area contributed by atoms with Gasteiger partial charge in [0.1, 0.15) is 35.1 Å². The highest BCUT2D eigenvalue weighted by molar-refractivity contribution is 7.91. The van der Waals surface area contributed by atoms with Gasteiger partial charge in [-0.2, -0.15) is 0 Å². The Bertz CT molecular complexity index is 2470. The van der Waals surface area contributed by atoms with Gasteiger partial charge >= 0.3 is 6.09 Å². The lowest BCUT2D eigenvalue weighted by Gasteiger charge is -2.33. The number of methoxy groups -OCH3 is 1. The number of halogens is 1. The van der Waals surface area contributed by atoms with Crippen molar-refractivity contribution in [3.8, 4) is 28.6 Å². The van der Waals surface area contributed by atoms with Gasteiger partial charge in [0.15, 0.2) is 11.6 Å². The van der Waals surface area contributed by atoms with Crippen LogP contribution >= 0.6 is 0 Å². The topological polar surface area (TPSA) is 192 Å². The largest absolute Gasteiger partial charge is 0.494 e. The lowest BCUT2D eigenvalue weighted by Crippen LogP contribution is -2.59. The van der Waals surface area contributed by atoms with E-state index >= 15 is 9.18 Å². The number of pyridine rings is 1. The van der Waals surface area contributed by atoms with Gasteiger partial charge in [-0.3, -0.25) is 19.1 Å². The summed E-state index contributed by atoms with van der Waals surface area (Å²) in [5.74, 6) is -2.90. The van der Waals surface area contributed by atoms with Crippen LogP contribution in [-0.2, 0) is 29.1 Å². The van der Waals surface area contributed by atoms with E-state index in [1.807, 2.05) is 57.2 Å². The van der Waals surface area contributed by atoms with Crippen molar-refractivity contribution in [3.05, 3.63) is 60.4 Å². The zero-order valence-corrected chi connectivity index (χ0v) is 39.5. The van der Waals surface area contributed by atoms with Gasteiger partial charge in [0.25, 0.3) is 5.91 Å². The van der Waals surface area contributed by atoms with Gasteiger partial charge in [0, 0.05) is 23.3 Å². The van der Waals surface area contributed by atoms with Crippen molar-refractivity contribution < 1.29 is 50.9 Å². The molecule has 7 rings (SSSR count). The van der Waals surface area contributed by atoms with E-state index in [1.165, 1.54) is 18.1 Å². The second kappa shape index (κ2) is 18.1. The molecule has 3 N–H and O–H groups in total. The first-order valence-corrected chi connectivity index (χ1v) is 24.0. The third-order valence-electron chi connectivity index (χ3n) is 12.8. The molecule has 3 heterocycles. The molecule has 4 aliphatic rings. The number of hydrogen-bond donors (Lipinski definition) is 3. The zero-order chi connectivity index (χ0) is 47.2. The van der Waals surface area contributed by atoms with Crippen molar-refractivity contribution in [1.29, 1.82) is 0 Å². The van der Waals surface area contributed by atoms with E-state index in [-0.39, 0.29) is 43.0 Å². The molecule has 3 fully saturated rings. The van der Waals surface area contributed by atoms with Crippen molar-refractivity contribution in [3.63, 3.8) is 0 Å². The lowest BCUT2D eigenvalue weighted by atomic mass is 9.88. The first-order chi connectivity index (χ1) is 30.5. The smallest absolute Gasteiger partial charge is 0.408 e. The molecular weight excluding hydrogens is 858 g/mol. The monoisotopic (exact) mass is 919 g/mol. The Labute approximate surface area is 380 Å². The number of allylic oxidation sites excluding steroid dienone is 1. The van der Waals surface area contributed by atoms with Crippen molar-refractivity contribution >= 4 is 44.6 Å². The van der Waals surface area contributed by atoms with Gasteiger partial charge < -0.3 is 34.5 Å². The van der Waals surface area contributed by atoms with Crippen molar-refractivity contribution in [1.82, 2.24) is 25.2 Å². The van der Waals surface area contributed by atoms with Gasteiger partial charge in [-0.1, -0.05) is 26.0 Å². The normalized spacial score (nSPS) is 27.3. The number of fused-ring (bicyclic) bond motifs is 3. The molecule has 2 aliphatic heterocycles. The predicted octanol–water partition coefficient (Wildman–Crippen LogP) is 6.96. The maximum Gasteiger partial charge on any atom is 0.408 e. The van der Waals surface area contributed by atoms with Crippen LogP contribution in [0.1, 0.15) is 100 Å². The summed E-state index contributed by atoms with van der Waals surface area (Å²) in [4.78, 5) is 63.5. The maximum atomic E-state index is 15.4. The molecule has 0 spiro atoms. The molecule has 65 heavy (non-hydrogen) atoms. The highest BCUT2D eigenvalue weighted by atomic mass is 32.2. The van der Waals surface area contributed by atoms with E-state index < -0.39 is 85.6 Å².